The summed E-state index contributed by atoms with van der Waals surface area (Å²) < 4.78 is 29.9. The molecule has 33 nitrogen and oxygen atoms in total. The number of pyridine rings is 6. The second-order valence-corrected chi connectivity index (χ2v) is 43.0. The molecule has 0 bridgehead atoms. The van der Waals surface area contributed by atoms with Crippen LogP contribution in [0.4, 0.5) is 11.6 Å². The second-order valence-electron chi connectivity index (χ2n) is 36.8. The molecule has 0 spiro atoms. The van der Waals surface area contributed by atoms with Gasteiger partial charge in [-0.05, 0) is 265 Å². The summed E-state index contributed by atoms with van der Waals surface area (Å²) in [7, 11) is 2.72. The smallest absolute Gasteiger partial charge is 0.480 e. The zero-order valence-electron chi connectivity index (χ0n) is 85.0. The van der Waals surface area contributed by atoms with Gasteiger partial charge in [-0.3, -0.25) is 86.6 Å². The number of Topliss-reactive ketones (excluding diaryl/α,β-unsaturated/α-hetero) is 4. The number of rotatable bonds is 20. The van der Waals surface area contributed by atoms with Gasteiger partial charge in [0.25, 0.3) is 0 Å². The van der Waals surface area contributed by atoms with Crippen molar-refractivity contribution in [3.8, 4) is 33.4 Å². The van der Waals surface area contributed by atoms with Crippen LogP contribution in [0.2, 0.25) is 0 Å². The monoisotopic (exact) mass is 2310 g/mol. The van der Waals surface area contributed by atoms with Gasteiger partial charge in [0.2, 0.25) is 17.7 Å². The molecule has 4 aromatic carbocycles. The van der Waals surface area contributed by atoms with Gasteiger partial charge >= 0.3 is 25.0 Å². The van der Waals surface area contributed by atoms with Crippen LogP contribution in [0, 0.1) is 41.5 Å². The Hall–Kier alpha value is -11.8. The Bertz CT molecular complexity index is 7250. The second kappa shape index (κ2) is 58.7. The summed E-state index contributed by atoms with van der Waals surface area (Å²) in [4.78, 5) is 148. The Morgan fingerprint density at radius 3 is 1.08 bits per heavy atom. The highest BCUT2D eigenvalue weighted by atomic mass is 79.9. The molecule has 3 aliphatic rings. The highest BCUT2D eigenvalue weighted by Gasteiger charge is 2.52. The molecule has 4 N–H and O–H groups in total. The topological polar surface area (TPSA) is 416 Å². The summed E-state index contributed by atoms with van der Waals surface area (Å²) in [5, 5.41) is 37.6. The Kier molecular flexibility index (Phi) is 50.4. The number of ketones is 4. The number of nitrogens with one attached hydrogen (secondary N) is 3. The molecule has 46 heteroatoms. The van der Waals surface area contributed by atoms with Crippen LogP contribution in [0.25, 0.3) is 77.0 Å². The van der Waals surface area contributed by atoms with Crippen molar-refractivity contribution in [2.24, 2.45) is 0 Å². The lowest BCUT2D eigenvalue weighted by Crippen LogP contribution is -2.57. The van der Waals surface area contributed by atoms with E-state index in [-0.39, 0.29) is 120 Å². The van der Waals surface area contributed by atoms with Crippen LogP contribution in [0.5, 0.6) is 0 Å². The number of amides is 3. The quantitative estimate of drug-likeness (QED) is 0.0313. The van der Waals surface area contributed by atoms with Crippen molar-refractivity contribution in [1.82, 2.24) is 79.2 Å². The minimum atomic E-state index is -1.00. The van der Waals surface area contributed by atoms with E-state index in [0.29, 0.717) is 79.8 Å². The molecule has 3 aliphatic heterocycles. The molecule has 0 aliphatic carbocycles. The Balaban J connectivity index is 0.000000320. The molecule has 10 aromatic heterocycles. The Morgan fingerprint density at radius 1 is 0.467 bits per heavy atom. The average Bonchev–Trinajstić information content (AvgIpc) is 1.70. The maximum atomic E-state index is 13.1. The number of carboxylic acids is 1. The number of carbonyl (C=O) groups excluding carboxylic acids is 9. The first-order valence-electron chi connectivity index (χ1n) is 45.6. The van der Waals surface area contributed by atoms with E-state index in [4.69, 9.17) is 23.9 Å². The minimum absolute atomic E-state index is 0. The number of fused-ring (bicyclic) bond motifs is 4. The number of nitrogens with zero attached hydrogens (tertiary/aromatic N) is 15. The van der Waals surface area contributed by atoms with E-state index in [1.165, 1.54) is 59.5 Å². The van der Waals surface area contributed by atoms with Gasteiger partial charge in [0, 0.05) is 230 Å². The van der Waals surface area contributed by atoms with Crippen molar-refractivity contribution in [3.63, 3.8) is 0 Å². The lowest BCUT2D eigenvalue weighted by atomic mass is 9.78. The number of hydrogen-bond donors (Lipinski definition) is 4. The largest absolute Gasteiger partial charge is 0.494 e. The molecule has 150 heavy (non-hydrogen) atoms. The number of esters is 2. The van der Waals surface area contributed by atoms with Gasteiger partial charge in [0.05, 0.1) is 39.3 Å². The number of anilines is 2. The van der Waals surface area contributed by atoms with E-state index in [2.05, 4.69) is 149 Å². The number of carboxylic acid groups (broad SMARTS) is 1. The van der Waals surface area contributed by atoms with Gasteiger partial charge < -0.3 is 44.7 Å². The first-order valence-corrected chi connectivity index (χ1v) is 54.4. The fourth-order valence-electron chi connectivity index (χ4n) is 14.7. The predicted octanol–water partition coefficient (Wildman–Crippen LogP) is 17.7. The number of hydrogen-bond acceptors (Lipinski definition) is 31. The molecule has 14 aromatic rings. The third-order valence-corrected chi connectivity index (χ3v) is 25.2. The maximum absolute atomic E-state index is 13.1. The zero-order chi connectivity index (χ0) is 108. The molecule has 3 fully saturated rings. The van der Waals surface area contributed by atoms with Gasteiger partial charge in [-0.25, -0.2) is 9.97 Å². The van der Waals surface area contributed by atoms with Crippen molar-refractivity contribution in [2.45, 2.75) is 227 Å². The van der Waals surface area contributed by atoms with Crippen LogP contribution in [0.15, 0.2) is 187 Å². The molecule has 0 radical (unpaired) electrons. The summed E-state index contributed by atoms with van der Waals surface area (Å²) >= 11 is 27.5. The predicted molar refractivity (Wildman–Crippen MR) is 624 cm³/mol. The lowest BCUT2D eigenvalue weighted by molar-refractivity contribution is -0.156. The molecule has 796 valence electrons. The van der Waals surface area contributed by atoms with Crippen LogP contribution in [0.3, 0.4) is 0 Å². The first kappa shape index (κ1) is 129. The summed E-state index contributed by atoms with van der Waals surface area (Å²) in [6.07, 6.45) is 8.64. The number of ether oxygens (including phenoxy) is 2. The van der Waals surface area contributed by atoms with Gasteiger partial charge in [-0.1, -0.05) is 75.5 Å². The third-order valence-electron chi connectivity index (χ3n) is 22.6. The van der Waals surface area contributed by atoms with Gasteiger partial charge in [-0.2, -0.15) is 33.9 Å². The zero-order valence-corrected chi connectivity index (χ0v) is 95.8. The van der Waals surface area contributed by atoms with Crippen molar-refractivity contribution in [2.75, 3.05) is 23.7 Å². The van der Waals surface area contributed by atoms with Gasteiger partial charge in [0.15, 0.2) is 23.1 Å². The summed E-state index contributed by atoms with van der Waals surface area (Å²) in [6, 6.07) is 48.5. The van der Waals surface area contributed by atoms with Crippen molar-refractivity contribution in [3.05, 3.63) is 244 Å². The molecule has 3 saturated heterocycles. The number of likely N-dealkylation sites (tertiary alicyclic amines) is 1. The molecule has 13 heterocycles. The van der Waals surface area contributed by atoms with E-state index in [1.807, 2.05) is 250 Å². The number of benzene rings is 4. The van der Waals surface area contributed by atoms with Crippen LogP contribution in [0.1, 0.15) is 201 Å². The first-order chi connectivity index (χ1) is 69.0. The fourth-order valence-corrected chi connectivity index (χ4v) is 15.0. The number of aryl methyl sites for hydroxylation is 6. The van der Waals surface area contributed by atoms with Crippen LogP contribution in [-0.4, -0.2) is 192 Å². The summed E-state index contributed by atoms with van der Waals surface area (Å²) in [6.45, 7) is 37.1. The van der Waals surface area contributed by atoms with Crippen molar-refractivity contribution < 1.29 is 71.8 Å². The molecule has 3 amide bonds. The summed E-state index contributed by atoms with van der Waals surface area (Å²) in [5.74, 6) is -1.91. The van der Waals surface area contributed by atoms with Crippen molar-refractivity contribution in [1.29, 1.82) is 0 Å². The van der Waals surface area contributed by atoms with Gasteiger partial charge in [-0.15, -0.1) is 12.4 Å². The highest BCUT2D eigenvalue weighted by molar-refractivity contribution is 9.10. The van der Waals surface area contributed by atoms with Crippen LogP contribution < -0.4 is 21.4 Å². The maximum Gasteiger partial charge on any atom is 0.494 e. The normalized spacial score (nSPS) is 13.5. The molecule has 2 atom stereocenters. The Labute approximate surface area is 933 Å². The summed E-state index contributed by atoms with van der Waals surface area (Å²) in [5.41, 5.74) is 13.8. The molecule has 0 saturated carbocycles. The molecular formula is C104H123BBrClN18O15S10. The average molecular weight is 2310 g/mol. The fraction of sp³-hybridized carbons (Fsp3) is 0.346. The number of aromatic nitrogens is 14. The number of halogens is 2. The van der Waals surface area contributed by atoms with E-state index in [1.54, 1.807) is 52.6 Å². The van der Waals surface area contributed by atoms with E-state index >= 15 is 0 Å². The third kappa shape index (κ3) is 36.5. The Morgan fingerprint density at radius 2 is 0.793 bits per heavy atom. The van der Waals surface area contributed by atoms with Crippen LogP contribution >= 0.6 is 41.8 Å². The molecule has 17 rings (SSSR count). The minimum Gasteiger partial charge on any atom is -0.480 e. The standard InChI is InChI=1S/C27H26N6O3.C21H29BN2O5.C21H23N3O3.C17H15N3O3.C10H13N3O.C6H6BrN.2CH4.ClH.S4.S3.S2.H2S/c1-16-7-8-20(14-28-16)19-9-10-22-21(13-19)26(18(3)34)31-33(22)15-25(35)32-12-11-23(32)27(36)30-24-6-4-5-17(2)29-24;1-13(25)18-15-11-14(22-28-20(5,6)21(7,8)29-22)9-10-16(15)24(23-18)12-17(26)27-19(2,3)4;1-13-6-7-16(11-22-13)15-8-9-18-17(10-15)20(14(2)25)23-24(18)12-19(26)27-21(3,4)5;1-10-3-4-13(8-18-10)12-5-6-15-14(7-12)17(11(2)21)19-20(15)9-16(22)23;1-7-3-2-4-9(12-7)13-10(14)8-5-6-11-8;1-5-2-3-6(7)4-8-5;;;;1-3-4-2;1-3-2;1-2;/h4-10,13-14,23H,11-12,15H2,1-3H3,(H,29,30,36);9-11H,12H2,1-8H3;6-11H,12H2,1-5H3;3-8H,9H2,1-2H3,(H,22,23);2-4,8,11H,5-6H2,1H3,(H,12,13,14);2-4H,1H3;2*1H4;1H;;;;1H2/t23-;;;;8-;;;;;;;;/m0...0......../s1. The SMILES string of the molecule is C.C.CC(=O)c1nn(CC(=O)N2CC[C@H]2C(=O)Nc2cccc(C)n2)c2ccc(-c3ccc(C)nc3)cc12.CC(=O)c1nn(CC(=O)O)c2ccc(-c3ccc(C)nc3)cc12.CC(=O)c1nn(CC(=O)OC(C)(C)C)c2ccc(-c3ccc(C)nc3)cc12.CC(=O)c1nn(CC(=O)OC(C)(C)C)c2ccc(B3OC(C)(C)C(C)(C)O3)cc12.Cc1ccc(Br)cn1.Cc1cccc(NC(=O)[C@@H]2CCN2)n1.Cl.S.S=S.S=S=S.S=S=S=S. The number of carbonyl (C=O) groups is 10. The van der Waals surface area contributed by atoms with Crippen molar-refractivity contribution >= 4 is 262 Å². The number of aliphatic carboxylic acids is 1. The van der Waals surface area contributed by atoms with E-state index in [9.17, 15) is 47.9 Å². The van der Waals surface area contributed by atoms with Crippen LogP contribution in [-0.2, 0) is 167 Å². The van der Waals surface area contributed by atoms with Gasteiger partial charge in [0.1, 0.15) is 77.8 Å². The lowest BCUT2D eigenvalue weighted by Gasteiger charge is -2.39. The van der Waals surface area contributed by atoms with E-state index in [0.717, 1.165) is 105 Å². The molecular weight excluding hydrogens is 2190 g/mol. The van der Waals surface area contributed by atoms with E-state index < -0.39 is 53.5 Å². The highest BCUT2D eigenvalue weighted by Crippen LogP contribution is 2.38. The molecule has 0 unspecified atom stereocenters.